The van der Waals surface area contributed by atoms with E-state index in [2.05, 4.69) is 0 Å². The van der Waals surface area contributed by atoms with Gasteiger partial charge in [-0.25, -0.2) is 4.79 Å². The van der Waals surface area contributed by atoms with E-state index in [0.29, 0.717) is 11.1 Å². The molecule has 1 N–H and O–H groups in total. The Balaban J connectivity index is 2.93. The van der Waals surface area contributed by atoms with Crippen LogP contribution < -0.4 is 0 Å². The zero-order valence-corrected chi connectivity index (χ0v) is 11.5. The van der Waals surface area contributed by atoms with Gasteiger partial charge < -0.3 is 10.0 Å². The number of hydrogen-bond donors (Lipinski definition) is 1. The molecule has 4 nitrogen and oxygen atoms in total. The smallest absolute Gasteiger partial charge is 0.328 e. The molecule has 1 rings (SSSR count). The first-order chi connectivity index (χ1) is 8.95. The second-order valence-electron chi connectivity index (χ2n) is 4.47. The van der Waals surface area contributed by atoms with Gasteiger partial charge in [-0.3, -0.25) is 4.79 Å². The Bertz CT molecular complexity index is 494. The highest BCUT2D eigenvalue weighted by Crippen LogP contribution is 2.12. The number of carbonyl (C=O) groups excluding carboxylic acids is 1. The topological polar surface area (TPSA) is 57.6 Å². The van der Waals surface area contributed by atoms with E-state index in [4.69, 9.17) is 5.11 Å². The highest BCUT2D eigenvalue weighted by molar-refractivity contribution is 5.95. The van der Waals surface area contributed by atoms with Crippen LogP contribution in [0.1, 0.15) is 36.2 Å². The summed E-state index contributed by atoms with van der Waals surface area (Å²) in [5.74, 6) is -1.06. The average Bonchev–Trinajstić information content (AvgIpc) is 2.42. The number of aliphatic carboxylic acids is 1. The summed E-state index contributed by atoms with van der Waals surface area (Å²) in [6, 6.07) is 7.12. The maximum absolute atomic E-state index is 12.2. The molecule has 0 bridgehead atoms. The van der Waals surface area contributed by atoms with Crippen molar-refractivity contribution in [2.45, 2.75) is 26.3 Å². The van der Waals surface area contributed by atoms with E-state index >= 15 is 0 Å². The Kier molecular flexibility index (Phi) is 5.30. The molecule has 4 heteroatoms. The third-order valence-electron chi connectivity index (χ3n) is 3.12. The molecule has 0 aliphatic carbocycles. The maximum atomic E-state index is 12.2. The molecule has 0 saturated carbocycles. The van der Waals surface area contributed by atoms with Crippen molar-refractivity contribution in [1.29, 1.82) is 0 Å². The SMILES string of the molecule is CCC(C)N(C)C(=O)c1cccc(/C=C/C(=O)O)c1. The lowest BCUT2D eigenvalue weighted by atomic mass is 10.1. The molecule has 19 heavy (non-hydrogen) atoms. The van der Waals surface area contributed by atoms with Gasteiger partial charge in [0, 0.05) is 24.7 Å². The van der Waals surface area contributed by atoms with Crippen molar-refractivity contribution < 1.29 is 14.7 Å². The molecule has 0 spiro atoms. The molecule has 0 fully saturated rings. The quantitative estimate of drug-likeness (QED) is 0.829. The highest BCUT2D eigenvalue weighted by atomic mass is 16.4. The van der Waals surface area contributed by atoms with Gasteiger partial charge >= 0.3 is 5.97 Å². The summed E-state index contributed by atoms with van der Waals surface area (Å²) in [7, 11) is 1.77. The molecule has 0 saturated heterocycles. The average molecular weight is 261 g/mol. The van der Waals surface area contributed by atoms with Crippen LogP contribution in [-0.2, 0) is 4.79 Å². The van der Waals surface area contributed by atoms with Gasteiger partial charge in [-0.15, -0.1) is 0 Å². The predicted molar refractivity (Wildman–Crippen MR) is 75.0 cm³/mol. The molecule has 102 valence electrons. The van der Waals surface area contributed by atoms with Gasteiger partial charge in [-0.1, -0.05) is 19.1 Å². The van der Waals surface area contributed by atoms with Crippen LogP contribution in [0.15, 0.2) is 30.3 Å². The van der Waals surface area contributed by atoms with E-state index in [0.717, 1.165) is 12.5 Å². The number of carboxylic acid groups (broad SMARTS) is 1. The summed E-state index contributed by atoms with van der Waals surface area (Å²) < 4.78 is 0. The van der Waals surface area contributed by atoms with E-state index in [1.54, 1.807) is 36.2 Å². The molecular weight excluding hydrogens is 242 g/mol. The Labute approximate surface area is 113 Å². The van der Waals surface area contributed by atoms with Crippen molar-refractivity contribution in [1.82, 2.24) is 4.90 Å². The third-order valence-corrected chi connectivity index (χ3v) is 3.12. The number of hydrogen-bond acceptors (Lipinski definition) is 2. The van der Waals surface area contributed by atoms with Crippen LogP contribution in [0.25, 0.3) is 6.08 Å². The van der Waals surface area contributed by atoms with Crippen molar-refractivity contribution in [2.75, 3.05) is 7.05 Å². The van der Waals surface area contributed by atoms with E-state index in [-0.39, 0.29) is 11.9 Å². The third kappa shape index (κ3) is 4.25. The molecule has 0 aliphatic heterocycles. The normalized spacial score (nSPS) is 12.4. The standard InChI is InChI=1S/C15H19NO3/c1-4-11(2)16(3)15(19)13-7-5-6-12(10-13)8-9-14(17)18/h5-11H,4H2,1-3H3,(H,17,18)/b9-8+. The fourth-order valence-electron chi connectivity index (χ4n) is 1.62. The Morgan fingerprint density at radius 2 is 2.11 bits per heavy atom. The zero-order valence-electron chi connectivity index (χ0n) is 11.5. The fourth-order valence-corrected chi connectivity index (χ4v) is 1.62. The van der Waals surface area contributed by atoms with Crippen molar-refractivity contribution in [3.05, 3.63) is 41.5 Å². The molecule has 1 aromatic rings. The first kappa shape index (κ1) is 15.0. The van der Waals surface area contributed by atoms with Crippen LogP contribution in [-0.4, -0.2) is 35.0 Å². The van der Waals surface area contributed by atoms with Crippen molar-refractivity contribution in [3.63, 3.8) is 0 Å². The monoisotopic (exact) mass is 261 g/mol. The van der Waals surface area contributed by atoms with Gasteiger partial charge in [-0.2, -0.15) is 0 Å². The lowest BCUT2D eigenvalue weighted by Gasteiger charge is -2.24. The van der Waals surface area contributed by atoms with Crippen LogP contribution in [0.2, 0.25) is 0 Å². The summed E-state index contributed by atoms with van der Waals surface area (Å²) in [5.41, 5.74) is 1.26. The molecule has 0 aromatic heterocycles. The minimum absolute atomic E-state index is 0.0556. The summed E-state index contributed by atoms with van der Waals surface area (Å²) in [5, 5.41) is 8.58. The van der Waals surface area contributed by atoms with Crippen LogP contribution in [0.5, 0.6) is 0 Å². The molecule has 1 aromatic carbocycles. The number of amides is 1. The van der Waals surface area contributed by atoms with Crippen LogP contribution in [0.3, 0.4) is 0 Å². The van der Waals surface area contributed by atoms with E-state index in [1.807, 2.05) is 13.8 Å². The summed E-state index contributed by atoms with van der Waals surface area (Å²) >= 11 is 0. The van der Waals surface area contributed by atoms with Gasteiger partial charge in [-0.05, 0) is 37.1 Å². The first-order valence-corrected chi connectivity index (χ1v) is 6.24. The molecule has 0 heterocycles. The number of carbonyl (C=O) groups is 2. The van der Waals surface area contributed by atoms with Gasteiger partial charge in [0.1, 0.15) is 0 Å². The molecule has 0 aliphatic rings. The molecule has 1 unspecified atom stereocenters. The summed E-state index contributed by atoms with van der Waals surface area (Å²) in [6.07, 6.45) is 3.42. The fraction of sp³-hybridized carbons (Fsp3) is 0.333. The van der Waals surface area contributed by atoms with E-state index in [1.165, 1.54) is 6.08 Å². The molecule has 1 atom stereocenters. The van der Waals surface area contributed by atoms with Crippen molar-refractivity contribution in [3.8, 4) is 0 Å². The Morgan fingerprint density at radius 3 is 2.68 bits per heavy atom. The minimum Gasteiger partial charge on any atom is -0.478 e. The largest absolute Gasteiger partial charge is 0.478 e. The molecular formula is C15H19NO3. The van der Waals surface area contributed by atoms with Gasteiger partial charge in [0.2, 0.25) is 0 Å². The zero-order chi connectivity index (χ0) is 14.4. The first-order valence-electron chi connectivity index (χ1n) is 6.24. The Hall–Kier alpha value is -2.10. The van der Waals surface area contributed by atoms with Gasteiger partial charge in [0.15, 0.2) is 0 Å². The van der Waals surface area contributed by atoms with Crippen molar-refractivity contribution in [2.24, 2.45) is 0 Å². The number of carboxylic acids is 1. The molecule has 1 amide bonds. The minimum atomic E-state index is -1.01. The number of nitrogens with zero attached hydrogens (tertiary/aromatic N) is 1. The van der Waals surface area contributed by atoms with Crippen LogP contribution in [0.4, 0.5) is 0 Å². The number of benzene rings is 1. The number of rotatable bonds is 5. The second kappa shape index (κ2) is 6.73. The molecule has 0 radical (unpaired) electrons. The van der Waals surface area contributed by atoms with Gasteiger partial charge in [0.25, 0.3) is 5.91 Å². The highest BCUT2D eigenvalue weighted by Gasteiger charge is 2.15. The van der Waals surface area contributed by atoms with E-state index in [9.17, 15) is 9.59 Å². The predicted octanol–water partition coefficient (Wildman–Crippen LogP) is 2.65. The van der Waals surface area contributed by atoms with Crippen LogP contribution in [0, 0.1) is 0 Å². The van der Waals surface area contributed by atoms with Crippen molar-refractivity contribution >= 4 is 18.0 Å². The summed E-state index contributed by atoms with van der Waals surface area (Å²) in [4.78, 5) is 24.4. The van der Waals surface area contributed by atoms with Gasteiger partial charge in [0.05, 0.1) is 0 Å². The maximum Gasteiger partial charge on any atom is 0.328 e. The summed E-state index contributed by atoms with van der Waals surface area (Å²) in [6.45, 7) is 4.02. The lowest BCUT2D eigenvalue weighted by Crippen LogP contribution is -2.34. The Morgan fingerprint density at radius 1 is 1.42 bits per heavy atom. The lowest BCUT2D eigenvalue weighted by molar-refractivity contribution is -0.131. The van der Waals surface area contributed by atoms with Crippen LogP contribution >= 0.6 is 0 Å². The van der Waals surface area contributed by atoms with E-state index < -0.39 is 5.97 Å². The second-order valence-corrected chi connectivity index (χ2v) is 4.47.